The van der Waals surface area contributed by atoms with Gasteiger partial charge in [-0.25, -0.2) is 0 Å². The Kier molecular flexibility index (Phi) is 12.3. The van der Waals surface area contributed by atoms with E-state index < -0.39 is 0 Å². The van der Waals surface area contributed by atoms with Crippen LogP contribution in [0, 0.1) is 5.92 Å². The van der Waals surface area contributed by atoms with Crippen molar-refractivity contribution in [3.63, 3.8) is 0 Å². The second-order valence-corrected chi connectivity index (χ2v) is 7.04. The van der Waals surface area contributed by atoms with E-state index in [0.717, 1.165) is 51.2 Å². The van der Waals surface area contributed by atoms with Gasteiger partial charge in [-0.05, 0) is 52.1 Å². The van der Waals surface area contributed by atoms with Crippen LogP contribution in [0.3, 0.4) is 0 Å². The summed E-state index contributed by atoms with van der Waals surface area (Å²) in [4.78, 5) is 14.6. The Morgan fingerprint density at radius 1 is 1.09 bits per heavy atom. The Labute approximate surface area is 154 Å². The molecule has 2 atom stereocenters. The Morgan fingerprint density at radius 2 is 1.78 bits per heavy atom. The highest BCUT2D eigenvalue weighted by atomic mass is 35.5. The van der Waals surface area contributed by atoms with Crippen LogP contribution in [0.5, 0.6) is 0 Å². The van der Waals surface area contributed by atoms with E-state index in [2.05, 4.69) is 17.3 Å². The van der Waals surface area contributed by atoms with Gasteiger partial charge in [0.25, 0.3) is 0 Å². The molecule has 2 saturated carbocycles. The molecule has 0 heterocycles. The van der Waals surface area contributed by atoms with Crippen LogP contribution in [0.1, 0.15) is 64.2 Å². The topological polar surface area (TPSA) is 58.4 Å². The molecule has 0 radical (unpaired) electrons. The van der Waals surface area contributed by atoms with Crippen LogP contribution < -0.4 is 11.1 Å². The standard InChI is InChI=1S/C17H33N3O.2ClH/c1-20(16-9-3-2-4-10-16)12-6-11-19-17(21)14-7-5-8-15(18)13-14;;/h14-16H,2-13,18H2,1H3,(H,19,21);2*1H. The van der Waals surface area contributed by atoms with Crippen molar-refractivity contribution in [2.24, 2.45) is 11.7 Å². The number of halogens is 2. The molecule has 0 spiro atoms. The SMILES string of the molecule is CN(CCCNC(=O)C1CCCC(N)C1)C1CCCCC1.Cl.Cl. The zero-order chi connectivity index (χ0) is 15.1. The fourth-order valence-electron chi connectivity index (χ4n) is 3.85. The van der Waals surface area contributed by atoms with E-state index in [1.54, 1.807) is 0 Å². The van der Waals surface area contributed by atoms with Gasteiger partial charge in [0.2, 0.25) is 5.91 Å². The van der Waals surface area contributed by atoms with E-state index in [1.165, 1.54) is 32.1 Å². The lowest BCUT2D eigenvalue weighted by molar-refractivity contribution is -0.126. The molecule has 23 heavy (non-hydrogen) atoms. The van der Waals surface area contributed by atoms with Crippen LogP contribution in [-0.2, 0) is 4.79 Å². The number of hydrogen-bond donors (Lipinski definition) is 2. The molecule has 6 heteroatoms. The molecule has 3 N–H and O–H groups in total. The summed E-state index contributed by atoms with van der Waals surface area (Å²) in [6, 6.07) is 0.998. The van der Waals surface area contributed by atoms with Crippen LogP contribution >= 0.6 is 24.8 Å². The number of hydrogen-bond acceptors (Lipinski definition) is 3. The molecule has 138 valence electrons. The van der Waals surface area contributed by atoms with Crippen molar-refractivity contribution < 1.29 is 4.79 Å². The molecular weight excluding hydrogens is 333 g/mol. The molecule has 2 aliphatic rings. The first kappa shape index (κ1) is 23.0. The monoisotopic (exact) mass is 367 g/mol. The molecule has 0 aliphatic heterocycles. The smallest absolute Gasteiger partial charge is 0.223 e. The van der Waals surface area contributed by atoms with E-state index in [-0.39, 0.29) is 42.7 Å². The van der Waals surface area contributed by atoms with Gasteiger partial charge in [0, 0.05) is 24.5 Å². The fourth-order valence-corrected chi connectivity index (χ4v) is 3.85. The molecule has 0 saturated heterocycles. The molecule has 1 amide bonds. The summed E-state index contributed by atoms with van der Waals surface area (Å²) in [6.07, 6.45) is 12.0. The van der Waals surface area contributed by atoms with E-state index in [0.29, 0.717) is 0 Å². The molecule has 0 aromatic carbocycles. The molecular formula is C17H35Cl2N3O. The van der Waals surface area contributed by atoms with Crippen molar-refractivity contribution in [2.45, 2.75) is 76.3 Å². The van der Waals surface area contributed by atoms with Crippen LogP contribution in [0.15, 0.2) is 0 Å². The van der Waals surface area contributed by atoms with Gasteiger partial charge in [-0.2, -0.15) is 0 Å². The summed E-state index contributed by atoms with van der Waals surface area (Å²) >= 11 is 0. The lowest BCUT2D eigenvalue weighted by Gasteiger charge is -2.31. The maximum absolute atomic E-state index is 12.1. The number of nitrogens with two attached hydrogens (primary N) is 1. The number of nitrogens with zero attached hydrogens (tertiary/aromatic N) is 1. The van der Waals surface area contributed by atoms with Crippen molar-refractivity contribution in [1.29, 1.82) is 0 Å². The molecule has 2 fully saturated rings. The molecule has 0 aromatic heterocycles. The average molecular weight is 368 g/mol. The first-order valence-electron chi connectivity index (χ1n) is 8.90. The first-order valence-corrected chi connectivity index (χ1v) is 8.90. The number of amides is 1. The van der Waals surface area contributed by atoms with E-state index in [1.807, 2.05) is 0 Å². The van der Waals surface area contributed by atoms with Crippen molar-refractivity contribution in [2.75, 3.05) is 20.1 Å². The summed E-state index contributed by atoms with van der Waals surface area (Å²) < 4.78 is 0. The lowest BCUT2D eigenvalue weighted by Crippen LogP contribution is -2.39. The van der Waals surface area contributed by atoms with Crippen molar-refractivity contribution in [3.05, 3.63) is 0 Å². The Balaban J connectivity index is 0.00000242. The van der Waals surface area contributed by atoms with E-state index in [9.17, 15) is 4.79 Å². The van der Waals surface area contributed by atoms with Gasteiger partial charge < -0.3 is 16.0 Å². The summed E-state index contributed by atoms with van der Waals surface area (Å²) in [5, 5.41) is 3.11. The van der Waals surface area contributed by atoms with Gasteiger partial charge in [0.1, 0.15) is 0 Å². The number of nitrogens with one attached hydrogen (secondary N) is 1. The van der Waals surface area contributed by atoms with E-state index >= 15 is 0 Å². The van der Waals surface area contributed by atoms with E-state index in [4.69, 9.17) is 5.73 Å². The van der Waals surface area contributed by atoms with Crippen molar-refractivity contribution >= 4 is 30.7 Å². The molecule has 0 bridgehead atoms. The largest absolute Gasteiger partial charge is 0.356 e. The Bertz CT molecular complexity index is 325. The van der Waals surface area contributed by atoms with Gasteiger partial charge in [0.05, 0.1) is 0 Å². The molecule has 2 rings (SSSR count). The highest BCUT2D eigenvalue weighted by molar-refractivity contribution is 5.85. The van der Waals surface area contributed by atoms with Crippen LogP contribution in [0.4, 0.5) is 0 Å². The van der Waals surface area contributed by atoms with Gasteiger partial charge >= 0.3 is 0 Å². The normalized spacial score (nSPS) is 25.3. The van der Waals surface area contributed by atoms with Crippen LogP contribution in [-0.4, -0.2) is 43.0 Å². The summed E-state index contributed by atoms with van der Waals surface area (Å²) in [5.41, 5.74) is 5.95. The highest BCUT2D eigenvalue weighted by Gasteiger charge is 2.25. The third kappa shape index (κ3) is 8.06. The van der Waals surface area contributed by atoms with Crippen molar-refractivity contribution in [3.8, 4) is 0 Å². The molecule has 4 nitrogen and oxygen atoms in total. The maximum atomic E-state index is 12.1. The summed E-state index contributed by atoms with van der Waals surface area (Å²) in [6.45, 7) is 1.90. The Morgan fingerprint density at radius 3 is 2.43 bits per heavy atom. The summed E-state index contributed by atoms with van der Waals surface area (Å²) in [5.74, 6) is 0.385. The minimum absolute atomic E-state index is 0. The number of carbonyl (C=O) groups is 1. The molecule has 0 aromatic rings. The molecule has 2 aliphatic carbocycles. The zero-order valence-corrected chi connectivity index (χ0v) is 16.1. The quantitative estimate of drug-likeness (QED) is 0.709. The zero-order valence-electron chi connectivity index (χ0n) is 14.5. The predicted molar refractivity (Wildman–Crippen MR) is 102 cm³/mol. The number of rotatable bonds is 6. The van der Waals surface area contributed by atoms with Gasteiger partial charge in [-0.1, -0.05) is 25.7 Å². The second-order valence-electron chi connectivity index (χ2n) is 7.04. The van der Waals surface area contributed by atoms with Gasteiger partial charge in [-0.15, -0.1) is 24.8 Å². The van der Waals surface area contributed by atoms with Gasteiger partial charge in [-0.3, -0.25) is 4.79 Å². The lowest BCUT2D eigenvalue weighted by atomic mass is 9.85. The predicted octanol–water partition coefficient (Wildman–Crippen LogP) is 3.12. The van der Waals surface area contributed by atoms with Crippen LogP contribution in [0.2, 0.25) is 0 Å². The molecule has 2 unspecified atom stereocenters. The third-order valence-corrected chi connectivity index (χ3v) is 5.27. The first-order chi connectivity index (χ1) is 10.2. The third-order valence-electron chi connectivity index (χ3n) is 5.27. The second kappa shape index (κ2) is 12.3. The summed E-state index contributed by atoms with van der Waals surface area (Å²) in [7, 11) is 2.23. The number of carbonyl (C=O) groups excluding carboxylic acids is 1. The average Bonchev–Trinajstić information content (AvgIpc) is 2.52. The van der Waals surface area contributed by atoms with Crippen molar-refractivity contribution in [1.82, 2.24) is 10.2 Å². The minimum atomic E-state index is 0. The highest BCUT2D eigenvalue weighted by Crippen LogP contribution is 2.23. The van der Waals surface area contributed by atoms with Gasteiger partial charge in [0.15, 0.2) is 0 Å². The minimum Gasteiger partial charge on any atom is -0.356 e. The maximum Gasteiger partial charge on any atom is 0.223 e. The fraction of sp³-hybridized carbons (Fsp3) is 0.941. The van der Waals surface area contributed by atoms with Crippen LogP contribution in [0.25, 0.3) is 0 Å². The Hall–Kier alpha value is -0.0300.